The molecule has 0 aromatic rings. The first kappa shape index (κ1) is 19.3. The normalized spacial score (nSPS) is 27.4. The van der Waals surface area contributed by atoms with Gasteiger partial charge < -0.3 is 5.11 Å². The number of hydrogen-bond acceptors (Lipinski definition) is 1. The molecule has 2 atom stereocenters. The first-order valence-electron chi connectivity index (χ1n) is 6.94. The van der Waals surface area contributed by atoms with E-state index in [1.54, 1.807) is 0 Å². The lowest BCUT2D eigenvalue weighted by molar-refractivity contribution is -0.0262. The summed E-state index contributed by atoms with van der Waals surface area (Å²) in [6, 6.07) is 0. The molecule has 0 saturated heterocycles. The molecule has 0 heterocycles. The van der Waals surface area contributed by atoms with Crippen molar-refractivity contribution in [3.05, 3.63) is 12.7 Å². The number of hydrogen-bond donors (Lipinski definition) is 1. The van der Waals surface area contributed by atoms with Gasteiger partial charge in [-0.1, -0.05) is 40.2 Å². The lowest BCUT2D eigenvalue weighted by Crippen LogP contribution is -2.48. The Balaban J connectivity index is 0. The Labute approximate surface area is 113 Å². The summed E-state index contributed by atoms with van der Waals surface area (Å²) < 4.78 is 0. The predicted molar refractivity (Wildman–Crippen MR) is 79.7 cm³/mol. The summed E-state index contributed by atoms with van der Waals surface area (Å²) in [5.74, 6) is 0.289. The summed E-state index contributed by atoms with van der Waals surface area (Å²) >= 11 is 6.23. The highest BCUT2D eigenvalue weighted by atomic mass is 35.5. The average molecular weight is 263 g/mol. The molecule has 0 amide bonds. The maximum atomic E-state index is 10.4. The lowest BCUT2D eigenvalue weighted by atomic mass is 9.79. The molecular formula is C15H31ClO. The van der Waals surface area contributed by atoms with Crippen LogP contribution >= 0.6 is 11.6 Å². The number of rotatable bonds is 3. The minimum atomic E-state index is -0.706. The van der Waals surface area contributed by atoms with E-state index in [1.165, 1.54) is 0 Å². The highest BCUT2D eigenvalue weighted by Crippen LogP contribution is 2.47. The van der Waals surface area contributed by atoms with Crippen molar-refractivity contribution in [3.8, 4) is 0 Å². The van der Waals surface area contributed by atoms with Crippen molar-refractivity contribution < 1.29 is 5.11 Å². The second kappa shape index (κ2) is 8.99. The third-order valence-corrected chi connectivity index (χ3v) is 3.59. The van der Waals surface area contributed by atoms with Gasteiger partial charge in [-0.05, 0) is 39.0 Å². The fraction of sp³-hybridized carbons (Fsp3) is 0.867. The van der Waals surface area contributed by atoms with E-state index in [1.807, 2.05) is 47.6 Å². The van der Waals surface area contributed by atoms with Crippen LogP contribution < -0.4 is 0 Å². The maximum Gasteiger partial charge on any atom is 0.0864 e. The van der Waals surface area contributed by atoms with Gasteiger partial charge in [0, 0.05) is 0 Å². The maximum absolute atomic E-state index is 10.4. The zero-order chi connectivity index (χ0) is 14.1. The molecule has 1 aliphatic rings. The van der Waals surface area contributed by atoms with Gasteiger partial charge in [-0.15, -0.1) is 18.2 Å². The Hall–Kier alpha value is -0.0100. The van der Waals surface area contributed by atoms with Crippen LogP contribution in [0.25, 0.3) is 0 Å². The molecule has 0 radical (unpaired) electrons. The van der Waals surface area contributed by atoms with Gasteiger partial charge in [0.2, 0.25) is 0 Å². The minimum Gasteiger partial charge on any atom is -0.388 e. The monoisotopic (exact) mass is 262 g/mol. The van der Waals surface area contributed by atoms with E-state index in [0.29, 0.717) is 0 Å². The van der Waals surface area contributed by atoms with Crippen LogP contribution in [0.2, 0.25) is 0 Å². The van der Waals surface area contributed by atoms with Gasteiger partial charge in [0.25, 0.3) is 0 Å². The van der Waals surface area contributed by atoms with Crippen molar-refractivity contribution in [2.45, 2.75) is 77.7 Å². The third kappa shape index (κ3) is 5.01. The van der Waals surface area contributed by atoms with E-state index in [9.17, 15) is 5.11 Å². The molecule has 1 nitrogen and oxygen atoms in total. The molecule has 1 aliphatic carbocycles. The van der Waals surface area contributed by atoms with Crippen LogP contribution in [0.1, 0.15) is 67.2 Å². The van der Waals surface area contributed by atoms with Crippen molar-refractivity contribution in [1.82, 2.24) is 0 Å². The molecule has 1 saturated carbocycles. The van der Waals surface area contributed by atoms with E-state index >= 15 is 0 Å². The molecule has 0 aliphatic heterocycles. The second-order valence-corrected chi connectivity index (χ2v) is 5.46. The van der Waals surface area contributed by atoms with Crippen molar-refractivity contribution in [2.24, 2.45) is 5.92 Å². The van der Waals surface area contributed by atoms with Gasteiger partial charge in [-0.2, -0.15) is 0 Å². The molecule has 0 aromatic heterocycles. The van der Waals surface area contributed by atoms with E-state index in [4.69, 9.17) is 11.6 Å². The van der Waals surface area contributed by atoms with E-state index in [0.717, 1.165) is 25.7 Å². The van der Waals surface area contributed by atoms with E-state index in [-0.39, 0.29) is 5.92 Å². The molecule has 1 fully saturated rings. The van der Waals surface area contributed by atoms with Gasteiger partial charge in [-0.25, -0.2) is 0 Å². The largest absolute Gasteiger partial charge is 0.388 e. The SMILES string of the molecule is C=CCC1CCCC1(O)C(C)(C)Cl.CC.CC. The van der Waals surface area contributed by atoms with Gasteiger partial charge in [0.05, 0.1) is 10.5 Å². The van der Waals surface area contributed by atoms with Crippen molar-refractivity contribution >= 4 is 11.6 Å². The molecule has 2 unspecified atom stereocenters. The molecular weight excluding hydrogens is 232 g/mol. The topological polar surface area (TPSA) is 20.2 Å². The van der Waals surface area contributed by atoms with Crippen molar-refractivity contribution in [2.75, 3.05) is 0 Å². The first-order valence-corrected chi connectivity index (χ1v) is 7.32. The Kier molecular flexibility index (Phi) is 10.2. The van der Waals surface area contributed by atoms with Crippen LogP contribution in [-0.4, -0.2) is 15.6 Å². The Morgan fingerprint density at radius 2 is 1.82 bits per heavy atom. The quantitative estimate of drug-likeness (QED) is 0.550. The first-order chi connectivity index (χ1) is 7.92. The Morgan fingerprint density at radius 3 is 2.18 bits per heavy atom. The average Bonchev–Trinajstić information content (AvgIpc) is 2.68. The molecule has 0 bridgehead atoms. The molecule has 104 valence electrons. The smallest absolute Gasteiger partial charge is 0.0864 e. The van der Waals surface area contributed by atoms with Crippen molar-refractivity contribution in [3.63, 3.8) is 0 Å². The fourth-order valence-electron chi connectivity index (χ4n) is 2.36. The van der Waals surface area contributed by atoms with Crippen molar-refractivity contribution in [1.29, 1.82) is 0 Å². The highest BCUT2D eigenvalue weighted by Gasteiger charge is 2.50. The van der Waals surface area contributed by atoms with E-state index in [2.05, 4.69) is 6.58 Å². The van der Waals surface area contributed by atoms with Gasteiger partial charge in [0.1, 0.15) is 0 Å². The van der Waals surface area contributed by atoms with Crippen LogP contribution in [-0.2, 0) is 0 Å². The number of halogens is 1. The second-order valence-electron chi connectivity index (χ2n) is 4.51. The zero-order valence-electron chi connectivity index (χ0n) is 12.5. The molecule has 1 rings (SSSR count). The Bertz CT molecular complexity index is 196. The van der Waals surface area contributed by atoms with Crippen LogP contribution in [0.15, 0.2) is 12.7 Å². The molecule has 2 heteroatoms. The van der Waals surface area contributed by atoms with Crippen LogP contribution in [0.5, 0.6) is 0 Å². The van der Waals surface area contributed by atoms with Crippen LogP contribution in [0.3, 0.4) is 0 Å². The summed E-state index contributed by atoms with van der Waals surface area (Å²) in [5.41, 5.74) is -0.706. The van der Waals surface area contributed by atoms with Crippen LogP contribution in [0.4, 0.5) is 0 Å². The Morgan fingerprint density at radius 1 is 1.35 bits per heavy atom. The van der Waals surface area contributed by atoms with E-state index < -0.39 is 10.5 Å². The number of aliphatic hydroxyl groups is 1. The van der Waals surface area contributed by atoms with Gasteiger partial charge in [-0.3, -0.25) is 0 Å². The number of allylic oxidation sites excluding steroid dienone is 1. The molecule has 17 heavy (non-hydrogen) atoms. The summed E-state index contributed by atoms with van der Waals surface area (Å²) in [6.07, 6.45) is 5.71. The lowest BCUT2D eigenvalue weighted by Gasteiger charge is -2.39. The summed E-state index contributed by atoms with van der Waals surface area (Å²) in [6.45, 7) is 15.5. The third-order valence-electron chi connectivity index (χ3n) is 3.27. The summed E-state index contributed by atoms with van der Waals surface area (Å²) in [5, 5.41) is 10.4. The minimum absolute atomic E-state index is 0.289. The number of alkyl halides is 1. The van der Waals surface area contributed by atoms with Crippen LogP contribution in [0, 0.1) is 5.92 Å². The fourth-order valence-corrected chi connectivity index (χ4v) is 2.61. The molecule has 1 N–H and O–H groups in total. The van der Waals surface area contributed by atoms with Gasteiger partial charge >= 0.3 is 0 Å². The standard InChI is InChI=1S/C11H19ClO.2C2H6/c1-4-6-9-7-5-8-11(9,13)10(2,3)12;2*1-2/h4,9,13H,1,5-8H2,2-3H3;2*1-2H3. The highest BCUT2D eigenvalue weighted by molar-refractivity contribution is 6.24. The predicted octanol–water partition coefficient (Wildman–Crippen LogP) is 5.16. The molecule has 0 spiro atoms. The summed E-state index contributed by atoms with van der Waals surface area (Å²) in [4.78, 5) is -0.531. The zero-order valence-corrected chi connectivity index (χ0v) is 13.3. The summed E-state index contributed by atoms with van der Waals surface area (Å²) in [7, 11) is 0. The molecule has 0 aromatic carbocycles. The van der Waals surface area contributed by atoms with Gasteiger partial charge in [0.15, 0.2) is 0 Å².